The van der Waals surface area contributed by atoms with Gasteiger partial charge in [0.1, 0.15) is 6.61 Å². The molecule has 0 N–H and O–H groups in total. The SMILES string of the molecule is O=C(OCCN1C(=O)c2ccccc2C1=O)c1ccc2c(c1)C(=O)N(C1CCCCC1)C2=O. The molecule has 0 saturated heterocycles. The number of esters is 1. The maximum Gasteiger partial charge on any atom is 0.338 e. The molecule has 1 fully saturated rings. The Bertz CT molecular complexity index is 1160. The summed E-state index contributed by atoms with van der Waals surface area (Å²) in [4.78, 5) is 65.4. The van der Waals surface area contributed by atoms with Crippen LogP contribution in [0.1, 0.15) is 83.9 Å². The molecule has 168 valence electrons. The molecule has 0 aromatic heterocycles. The quantitative estimate of drug-likeness (QED) is 0.517. The number of ether oxygens (including phenoxy) is 1. The van der Waals surface area contributed by atoms with E-state index in [0.717, 1.165) is 37.0 Å². The van der Waals surface area contributed by atoms with Crippen LogP contribution in [0.3, 0.4) is 0 Å². The monoisotopic (exact) mass is 446 g/mol. The predicted molar refractivity (Wildman–Crippen MR) is 116 cm³/mol. The van der Waals surface area contributed by atoms with Gasteiger partial charge in [0.25, 0.3) is 23.6 Å². The first-order valence-electron chi connectivity index (χ1n) is 11.1. The molecule has 0 spiro atoms. The van der Waals surface area contributed by atoms with Crippen molar-refractivity contribution in [2.24, 2.45) is 0 Å². The third-order valence-electron chi connectivity index (χ3n) is 6.52. The minimum atomic E-state index is -0.689. The Morgan fingerprint density at radius 3 is 2.06 bits per heavy atom. The van der Waals surface area contributed by atoms with Crippen molar-refractivity contribution >= 4 is 29.6 Å². The lowest BCUT2D eigenvalue weighted by molar-refractivity contribution is 0.0420. The van der Waals surface area contributed by atoms with E-state index in [1.54, 1.807) is 24.3 Å². The van der Waals surface area contributed by atoms with E-state index in [1.165, 1.54) is 23.1 Å². The summed E-state index contributed by atoms with van der Waals surface area (Å²) in [5.74, 6) is -2.21. The van der Waals surface area contributed by atoms with Crippen molar-refractivity contribution in [3.05, 3.63) is 70.3 Å². The molecule has 2 aromatic rings. The average molecular weight is 446 g/mol. The van der Waals surface area contributed by atoms with Gasteiger partial charge in [-0.1, -0.05) is 31.4 Å². The maximum atomic E-state index is 12.9. The molecular weight excluding hydrogens is 424 g/mol. The highest BCUT2D eigenvalue weighted by Crippen LogP contribution is 2.31. The molecular formula is C25H22N2O6. The fourth-order valence-electron chi connectivity index (χ4n) is 4.81. The number of hydrogen-bond acceptors (Lipinski definition) is 6. The van der Waals surface area contributed by atoms with Crippen molar-refractivity contribution in [1.82, 2.24) is 9.80 Å². The van der Waals surface area contributed by atoms with Gasteiger partial charge >= 0.3 is 5.97 Å². The van der Waals surface area contributed by atoms with Crippen LogP contribution < -0.4 is 0 Å². The van der Waals surface area contributed by atoms with Gasteiger partial charge in [0.05, 0.1) is 34.4 Å². The van der Waals surface area contributed by atoms with Crippen LogP contribution in [0.5, 0.6) is 0 Å². The van der Waals surface area contributed by atoms with E-state index < -0.39 is 17.8 Å². The molecule has 0 bridgehead atoms. The van der Waals surface area contributed by atoms with Gasteiger partial charge in [-0.3, -0.25) is 29.0 Å². The number of hydrogen-bond donors (Lipinski definition) is 0. The fourth-order valence-corrected chi connectivity index (χ4v) is 4.81. The molecule has 3 aliphatic rings. The van der Waals surface area contributed by atoms with Crippen LogP contribution in [0.4, 0.5) is 0 Å². The molecule has 2 heterocycles. The van der Waals surface area contributed by atoms with Crippen molar-refractivity contribution in [2.75, 3.05) is 13.2 Å². The predicted octanol–water partition coefficient (Wildman–Crippen LogP) is 3.07. The summed E-state index contributed by atoms with van der Waals surface area (Å²) in [6.45, 7) is -0.252. The number of carbonyl (C=O) groups excluding carboxylic acids is 5. The van der Waals surface area contributed by atoms with E-state index in [9.17, 15) is 24.0 Å². The van der Waals surface area contributed by atoms with Gasteiger partial charge < -0.3 is 4.74 Å². The lowest BCUT2D eigenvalue weighted by atomic mass is 9.94. The Hall–Kier alpha value is -3.81. The van der Waals surface area contributed by atoms with Crippen molar-refractivity contribution < 1.29 is 28.7 Å². The number of amides is 4. The van der Waals surface area contributed by atoms with Gasteiger partial charge in [-0.2, -0.15) is 0 Å². The Kier molecular flexibility index (Phi) is 5.28. The van der Waals surface area contributed by atoms with Gasteiger partial charge in [-0.05, 0) is 43.2 Å². The zero-order chi connectivity index (χ0) is 23.1. The van der Waals surface area contributed by atoms with E-state index in [4.69, 9.17) is 4.74 Å². The maximum absolute atomic E-state index is 12.9. The molecule has 2 aliphatic heterocycles. The molecule has 1 aliphatic carbocycles. The zero-order valence-corrected chi connectivity index (χ0v) is 17.9. The smallest absolute Gasteiger partial charge is 0.338 e. The third-order valence-corrected chi connectivity index (χ3v) is 6.52. The summed E-state index contributed by atoms with van der Waals surface area (Å²) in [6, 6.07) is 10.8. The summed E-state index contributed by atoms with van der Waals surface area (Å²) < 4.78 is 5.26. The minimum Gasteiger partial charge on any atom is -0.460 e. The fraction of sp³-hybridized carbons (Fsp3) is 0.320. The minimum absolute atomic E-state index is 0.0735. The number of fused-ring (bicyclic) bond motifs is 2. The number of benzene rings is 2. The van der Waals surface area contributed by atoms with Gasteiger partial charge in [0.2, 0.25) is 0 Å². The molecule has 4 amide bonds. The van der Waals surface area contributed by atoms with Gasteiger partial charge in [0, 0.05) is 6.04 Å². The second kappa shape index (κ2) is 8.27. The van der Waals surface area contributed by atoms with E-state index in [-0.39, 0.29) is 42.1 Å². The van der Waals surface area contributed by atoms with Crippen LogP contribution in [-0.2, 0) is 4.74 Å². The Morgan fingerprint density at radius 2 is 1.39 bits per heavy atom. The summed E-state index contributed by atoms with van der Waals surface area (Å²) in [7, 11) is 0. The van der Waals surface area contributed by atoms with Gasteiger partial charge in [0.15, 0.2) is 0 Å². The topological polar surface area (TPSA) is 101 Å². The highest BCUT2D eigenvalue weighted by molar-refractivity contribution is 6.22. The zero-order valence-electron chi connectivity index (χ0n) is 17.9. The van der Waals surface area contributed by atoms with Gasteiger partial charge in [-0.15, -0.1) is 0 Å². The standard InChI is InChI=1S/C25H22N2O6/c28-21-17-8-4-5-9-18(17)22(29)26(21)12-13-33-25(32)15-10-11-19-20(14-15)24(31)27(23(19)30)16-6-2-1-3-7-16/h4-5,8-11,14,16H,1-3,6-7,12-13H2. The molecule has 33 heavy (non-hydrogen) atoms. The Labute approximate surface area is 190 Å². The van der Waals surface area contributed by atoms with E-state index in [0.29, 0.717) is 16.7 Å². The third kappa shape index (κ3) is 3.51. The molecule has 5 rings (SSSR count). The summed E-state index contributed by atoms with van der Waals surface area (Å²) in [5.41, 5.74) is 1.31. The van der Waals surface area contributed by atoms with Crippen LogP contribution in [0.2, 0.25) is 0 Å². The van der Waals surface area contributed by atoms with Gasteiger partial charge in [-0.25, -0.2) is 4.79 Å². The van der Waals surface area contributed by atoms with Crippen LogP contribution >= 0.6 is 0 Å². The first-order chi connectivity index (χ1) is 16.0. The van der Waals surface area contributed by atoms with Crippen LogP contribution in [-0.4, -0.2) is 58.6 Å². The molecule has 0 unspecified atom stereocenters. The van der Waals surface area contributed by atoms with Crippen LogP contribution in [0.15, 0.2) is 42.5 Å². The molecule has 1 saturated carbocycles. The number of carbonyl (C=O) groups is 5. The van der Waals surface area contributed by atoms with Crippen LogP contribution in [0, 0.1) is 0 Å². The second-order valence-corrected chi connectivity index (χ2v) is 8.48. The molecule has 0 atom stereocenters. The first-order valence-corrected chi connectivity index (χ1v) is 11.1. The van der Waals surface area contributed by atoms with Crippen molar-refractivity contribution in [3.8, 4) is 0 Å². The summed E-state index contributed by atoms with van der Waals surface area (Å²) in [5, 5.41) is 0. The average Bonchev–Trinajstić information content (AvgIpc) is 3.24. The highest BCUT2D eigenvalue weighted by atomic mass is 16.5. The van der Waals surface area contributed by atoms with E-state index in [1.807, 2.05) is 0 Å². The van der Waals surface area contributed by atoms with Crippen LogP contribution in [0.25, 0.3) is 0 Å². The Morgan fingerprint density at radius 1 is 0.788 bits per heavy atom. The van der Waals surface area contributed by atoms with E-state index >= 15 is 0 Å². The number of imide groups is 2. The normalized spacial score (nSPS) is 18.1. The molecule has 2 aromatic carbocycles. The van der Waals surface area contributed by atoms with Crippen molar-refractivity contribution in [1.29, 1.82) is 0 Å². The molecule has 8 heteroatoms. The Balaban J connectivity index is 1.24. The lowest BCUT2D eigenvalue weighted by Crippen LogP contribution is -2.40. The van der Waals surface area contributed by atoms with E-state index in [2.05, 4.69) is 0 Å². The summed E-state index contributed by atoms with van der Waals surface area (Å²) in [6.07, 6.45) is 4.69. The largest absolute Gasteiger partial charge is 0.460 e. The molecule has 0 radical (unpaired) electrons. The second-order valence-electron chi connectivity index (χ2n) is 8.48. The lowest BCUT2D eigenvalue weighted by Gasteiger charge is -2.29. The molecule has 8 nitrogen and oxygen atoms in total. The first kappa shape index (κ1) is 21.1. The van der Waals surface area contributed by atoms with Crippen molar-refractivity contribution in [2.45, 2.75) is 38.1 Å². The summed E-state index contributed by atoms with van der Waals surface area (Å²) >= 11 is 0. The van der Waals surface area contributed by atoms with Crippen molar-refractivity contribution in [3.63, 3.8) is 0 Å². The highest BCUT2D eigenvalue weighted by Gasteiger charge is 2.40. The number of nitrogens with zero attached hydrogens (tertiary/aromatic N) is 2. The number of rotatable bonds is 5.